The van der Waals surface area contributed by atoms with E-state index >= 15 is 0 Å². The summed E-state index contributed by atoms with van der Waals surface area (Å²) in [5.74, 6) is -1.47. The third-order valence-corrected chi connectivity index (χ3v) is 7.10. The molecule has 3 heterocycles. The maximum Gasteiger partial charge on any atom is 1.00 e. The molecule has 0 aliphatic carbocycles. The van der Waals surface area contributed by atoms with E-state index in [0.717, 1.165) is 34.1 Å². The van der Waals surface area contributed by atoms with Gasteiger partial charge in [-0.1, -0.05) is 19.9 Å². The van der Waals surface area contributed by atoms with E-state index in [1.807, 2.05) is 11.0 Å². The molecule has 7 nitrogen and oxygen atoms in total. The van der Waals surface area contributed by atoms with Crippen LogP contribution >= 0.6 is 0 Å². The summed E-state index contributed by atoms with van der Waals surface area (Å²) in [6, 6.07) is 10.0. The molecule has 4 aromatic rings. The number of nitrogens with one attached hydrogen (secondary N) is 2. The third-order valence-electron chi connectivity index (χ3n) is 7.10. The van der Waals surface area contributed by atoms with Crippen LogP contribution in [0.4, 0.5) is 20.2 Å². The van der Waals surface area contributed by atoms with Crippen molar-refractivity contribution in [1.29, 1.82) is 0 Å². The van der Waals surface area contributed by atoms with Crippen molar-refractivity contribution >= 4 is 34.2 Å². The number of carboxylic acid groups (broad SMARTS) is 1. The molecule has 39 heavy (non-hydrogen) atoms. The standard InChI is InChI=1S/C29H28F2N4O3.Li/c1-15(2)19-10-18(11-21-23(28(36)32-3)14-34-26(19)21)35-8-4-5-16-9-20(22(27(30)31)12-25(16)35)17-6-7-24(29(37)38)33-13-17;/h6-7,9-15,27,34H,4-5,8H2,1-3H3,(H,32,36)(H,37,38);/q;+1/p-1. The zero-order valence-electron chi connectivity index (χ0n) is 22.3. The maximum absolute atomic E-state index is 14.3. The first-order valence-electron chi connectivity index (χ1n) is 12.5. The second-order valence-electron chi connectivity index (χ2n) is 9.74. The molecule has 5 rings (SSSR count). The predicted molar refractivity (Wildman–Crippen MR) is 140 cm³/mol. The summed E-state index contributed by atoms with van der Waals surface area (Å²) in [6.07, 6.45) is 1.75. The van der Waals surface area contributed by atoms with E-state index in [9.17, 15) is 23.5 Å². The number of aryl methyl sites for hydroxylation is 1. The van der Waals surface area contributed by atoms with Crippen LogP contribution in [0.2, 0.25) is 0 Å². The Hall–Kier alpha value is -3.67. The molecular formula is C29H27F2LiN4O3. The fourth-order valence-electron chi connectivity index (χ4n) is 5.20. The Labute approximate surface area is 236 Å². The molecule has 0 saturated carbocycles. The van der Waals surface area contributed by atoms with Gasteiger partial charge in [0.2, 0.25) is 0 Å². The van der Waals surface area contributed by atoms with Crippen LogP contribution in [0.15, 0.2) is 48.8 Å². The van der Waals surface area contributed by atoms with E-state index in [-0.39, 0.29) is 41.9 Å². The van der Waals surface area contributed by atoms with Crippen molar-refractivity contribution in [2.45, 2.75) is 39.0 Å². The number of anilines is 2. The van der Waals surface area contributed by atoms with Crippen molar-refractivity contribution in [3.8, 4) is 11.1 Å². The van der Waals surface area contributed by atoms with E-state index in [4.69, 9.17) is 0 Å². The van der Waals surface area contributed by atoms with Crippen LogP contribution in [0.3, 0.4) is 0 Å². The van der Waals surface area contributed by atoms with Gasteiger partial charge in [0.1, 0.15) is 0 Å². The summed E-state index contributed by atoms with van der Waals surface area (Å²) in [6.45, 7) is 4.79. The van der Waals surface area contributed by atoms with Crippen LogP contribution in [0.1, 0.15) is 70.1 Å². The molecule has 0 fully saturated rings. The van der Waals surface area contributed by atoms with Gasteiger partial charge in [-0.25, -0.2) is 8.78 Å². The number of alkyl halides is 2. The minimum absolute atomic E-state index is 0. The van der Waals surface area contributed by atoms with Gasteiger partial charge in [0.25, 0.3) is 12.3 Å². The smallest absolute Gasteiger partial charge is 0.543 e. The quantitative estimate of drug-likeness (QED) is 0.377. The second-order valence-corrected chi connectivity index (χ2v) is 9.74. The van der Waals surface area contributed by atoms with Gasteiger partial charge >= 0.3 is 18.9 Å². The van der Waals surface area contributed by atoms with Gasteiger partial charge in [0.05, 0.1) is 17.2 Å². The third kappa shape index (κ3) is 5.17. The van der Waals surface area contributed by atoms with Crippen LogP contribution in [0.5, 0.6) is 0 Å². The number of nitrogens with zero attached hydrogens (tertiary/aromatic N) is 2. The zero-order chi connectivity index (χ0) is 27.1. The Kier molecular flexibility index (Phi) is 8.14. The molecule has 2 aromatic carbocycles. The SMILES string of the molecule is CNC(=O)c1c[nH]c2c(C(C)C)cc(N3CCCc4cc(-c5ccc(C(=O)[O-])nc5)c(C(F)F)cc43)cc12.[Li+]. The molecule has 196 valence electrons. The number of benzene rings is 2. The predicted octanol–water partition coefficient (Wildman–Crippen LogP) is 2.10. The molecule has 0 unspecified atom stereocenters. The Bertz CT molecular complexity index is 1550. The number of aromatic amines is 1. The number of amides is 1. The first-order chi connectivity index (χ1) is 18.2. The topological polar surface area (TPSA) is 101 Å². The number of aromatic carboxylic acids is 1. The zero-order valence-corrected chi connectivity index (χ0v) is 22.3. The largest absolute Gasteiger partial charge is 1.00 e. The van der Waals surface area contributed by atoms with Crippen LogP contribution in [-0.2, 0) is 6.42 Å². The second kappa shape index (κ2) is 11.2. The number of fused-ring (bicyclic) bond motifs is 2. The van der Waals surface area contributed by atoms with Crippen molar-refractivity contribution < 1.29 is 42.3 Å². The average Bonchev–Trinajstić information content (AvgIpc) is 3.34. The molecule has 0 spiro atoms. The van der Waals surface area contributed by atoms with E-state index in [1.54, 1.807) is 19.3 Å². The minimum Gasteiger partial charge on any atom is -0.543 e. The fourth-order valence-corrected chi connectivity index (χ4v) is 5.20. The van der Waals surface area contributed by atoms with Gasteiger partial charge in [-0.3, -0.25) is 9.78 Å². The molecule has 0 radical (unpaired) electrons. The van der Waals surface area contributed by atoms with Crippen molar-refractivity contribution in [3.63, 3.8) is 0 Å². The number of hydrogen-bond acceptors (Lipinski definition) is 5. The summed E-state index contributed by atoms with van der Waals surface area (Å²) >= 11 is 0. The van der Waals surface area contributed by atoms with Gasteiger partial charge in [0, 0.05) is 59.4 Å². The maximum atomic E-state index is 14.3. The van der Waals surface area contributed by atoms with Crippen molar-refractivity contribution in [3.05, 3.63) is 76.7 Å². The van der Waals surface area contributed by atoms with Crippen molar-refractivity contribution in [2.24, 2.45) is 0 Å². The number of carbonyl (C=O) groups is 2. The van der Waals surface area contributed by atoms with Gasteiger partial charge in [-0.05, 0) is 65.8 Å². The van der Waals surface area contributed by atoms with Crippen molar-refractivity contribution in [2.75, 3.05) is 18.5 Å². The number of carboxylic acids is 1. The molecule has 1 aliphatic heterocycles. The van der Waals surface area contributed by atoms with E-state index in [0.29, 0.717) is 35.3 Å². The normalized spacial score (nSPS) is 12.9. The van der Waals surface area contributed by atoms with E-state index in [2.05, 4.69) is 35.2 Å². The molecular weight excluding hydrogens is 497 g/mol. The molecule has 0 atom stereocenters. The minimum atomic E-state index is -2.75. The van der Waals surface area contributed by atoms with E-state index in [1.165, 1.54) is 24.4 Å². The summed E-state index contributed by atoms with van der Waals surface area (Å²) in [4.78, 5) is 32.7. The van der Waals surface area contributed by atoms with Crippen LogP contribution in [-0.4, -0.2) is 35.4 Å². The summed E-state index contributed by atoms with van der Waals surface area (Å²) in [5.41, 5.74) is 5.21. The summed E-state index contributed by atoms with van der Waals surface area (Å²) < 4.78 is 28.7. The molecule has 0 bridgehead atoms. The molecule has 1 amide bonds. The average molecular weight is 524 g/mol. The van der Waals surface area contributed by atoms with Crippen molar-refractivity contribution in [1.82, 2.24) is 15.3 Å². The Morgan fingerprint density at radius 3 is 2.51 bits per heavy atom. The number of hydrogen-bond donors (Lipinski definition) is 2. The number of carbonyl (C=O) groups excluding carboxylic acids is 2. The molecule has 10 heteroatoms. The Morgan fingerprint density at radius 2 is 1.90 bits per heavy atom. The summed E-state index contributed by atoms with van der Waals surface area (Å²) in [7, 11) is 1.58. The number of pyridine rings is 1. The fraction of sp³-hybridized carbons (Fsp3) is 0.276. The van der Waals surface area contributed by atoms with Crippen LogP contribution in [0, 0.1) is 0 Å². The number of halogens is 2. The van der Waals surface area contributed by atoms with Crippen LogP contribution < -0.4 is 34.2 Å². The molecule has 2 N–H and O–H groups in total. The van der Waals surface area contributed by atoms with E-state index < -0.39 is 12.4 Å². The Balaban J connectivity index is 0.00000353. The first-order valence-corrected chi connectivity index (χ1v) is 12.5. The molecule has 1 aliphatic rings. The molecule has 2 aromatic heterocycles. The Morgan fingerprint density at radius 1 is 1.13 bits per heavy atom. The number of aromatic nitrogens is 2. The number of H-pyrrole nitrogens is 1. The monoisotopic (exact) mass is 524 g/mol. The van der Waals surface area contributed by atoms with Gasteiger partial charge in [-0.2, -0.15) is 0 Å². The summed E-state index contributed by atoms with van der Waals surface area (Å²) in [5, 5.41) is 14.5. The van der Waals surface area contributed by atoms with Gasteiger partial charge in [0.15, 0.2) is 0 Å². The van der Waals surface area contributed by atoms with Crippen LogP contribution in [0.25, 0.3) is 22.0 Å². The molecule has 0 saturated heterocycles. The van der Waals surface area contributed by atoms with Gasteiger partial charge in [-0.15, -0.1) is 0 Å². The first kappa shape index (κ1) is 28.3. The number of rotatable bonds is 6. The van der Waals surface area contributed by atoms with Gasteiger partial charge < -0.3 is 25.1 Å².